The molecule has 0 saturated heterocycles. The van der Waals surface area contributed by atoms with Crippen molar-refractivity contribution in [1.82, 2.24) is 0 Å². The molecule has 1 heteroatoms. The van der Waals surface area contributed by atoms with Crippen molar-refractivity contribution in [3.8, 4) is 0 Å². The highest BCUT2D eigenvalue weighted by Gasteiger charge is 2.13. The molecule has 0 fully saturated rings. The number of rotatable bonds is 0. The van der Waals surface area contributed by atoms with Gasteiger partial charge in [-0.1, -0.05) is 42.5 Å². The van der Waals surface area contributed by atoms with Crippen LogP contribution >= 0.6 is 0 Å². The van der Waals surface area contributed by atoms with Crippen molar-refractivity contribution in [3.63, 3.8) is 0 Å². The number of carbonyl (C=O) groups excluding carboxylic acids is 1. The normalized spacial score (nSPS) is 12.1. The summed E-state index contributed by atoms with van der Waals surface area (Å²) >= 11 is 0. The quantitative estimate of drug-likeness (QED) is 0.601. The summed E-state index contributed by atoms with van der Waals surface area (Å²) in [6.45, 7) is 6.00. The number of benzene rings is 2. The van der Waals surface area contributed by atoms with Gasteiger partial charge in [-0.2, -0.15) is 0 Å². The van der Waals surface area contributed by atoms with E-state index in [0.717, 1.165) is 21.9 Å². The number of hydrogen-bond donors (Lipinski definition) is 0. The average Bonchev–Trinajstić information content (AvgIpc) is 2.37. The van der Waals surface area contributed by atoms with Crippen molar-refractivity contribution >= 4 is 22.6 Å². The molecule has 1 aliphatic rings. The minimum atomic E-state index is 0.106. The van der Waals surface area contributed by atoms with Crippen LogP contribution in [-0.2, 0) is 0 Å². The first-order valence-corrected chi connectivity index (χ1v) is 5.10. The molecule has 78 valence electrons. The van der Waals surface area contributed by atoms with Crippen LogP contribution in [0.15, 0.2) is 55.6 Å². The molecule has 0 aliphatic heterocycles. The van der Waals surface area contributed by atoms with Gasteiger partial charge in [-0.3, -0.25) is 4.79 Å². The van der Waals surface area contributed by atoms with Crippen LogP contribution in [0.3, 0.4) is 0 Å². The first kappa shape index (κ1) is 10.4. The molecule has 1 nitrogen and oxygen atoms in total. The van der Waals surface area contributed by atoms with Gasteiger partial charge in [0, 0.05) is 10.9 Å². The minimum absolute atomic E-state index is 0.106. The summed E-state index contributed by atoms with van der Waals surface area (Å²) in [6, 6.07) is 11.9. The molecule has 2 aromatic carbocycles. The van der Waals surface area contributed by atoms with Crippen molar-refractivity contribution < 1.29 is 4.79 Å². The van der Waals surface area contributed by atoms with Gasteiger partial charge in [0.15, 0.2) is 5.78 Å². The fourth-order valence-electron chi connectivity index (χ4n) is 1.97. The van der Waals surface area contributed by atoms with Crippen LogP contribution in [0.2, 0.25) is 0 Å². The Bertz CT molecular complexity index is 574. The Labute approximate surface area is 94.7 Å². The monoisotopic (exact) mass is 208 g/mol. The van der Waals surface area contributed by atoms with Gasteiger partial charge in [-0.25, -0.2) is 0 Å². The minimum Gasteiger partial charge on any atom is -0.289 e. The molecule has 0 aromatic heterocycles. The van der Waals surface area contributed by atoms with Crippen molar-refractivity contribution in [2.75, 3.05) is 0 Å². The zero-order valence-electron chi connectivity index (χ0n) is 8.94. The summed E-state index contributed by atoms with van der Waals surface area (Å²) in [7, 11) is 0. The third kappa shape index (κ3) is 1.47. The summed E-state index contributed by atoms with van der Waals surface area (Å²) in [6.07, 6.45) is 3.52. The molecule has 0 heterocycles. The number of carbonyl (C=O) groups is 1. The van der Waals surface area contributed by atoms with Crippen molar-refractivity contribution in [2.45, 2.75) is 0 Å². The van der Waals surface area contributed by atoms with Crippen LogP contribution in [0.25, 0.3) is 16.8 Å². The van der Waals surface area contributed by atoms with Crippen LogP contribution < -0.4 is 0 Å². The standard InChI is InChI=1S/C13H8O.C2H4/c14-12-8-7-10-4-1-3-9-5-2-6-11(12)13(9)10;1-2/h1-8H;1-2H2. The second kappa shape index (κ2) is 4.15. The highest BCUT2D eigenvalue weighted by atomic mass is 16.1. The number of allylic oxidation sites excluding steroid dienone is 1. The van der Waals surface area contributed by atoms with Crippen LogP contribution in [0.5, 0.6) is 0 Å². The van der Waals surface area contributed by atoms with Gasteiger partial charge in [-0.05, 0) is 17.0 Å². The van der Waals surface area contributed by atoms with Gasteiger partial charge < -0.3 is 0 Å². The highest BCUT2D eigenvalue weighted by molar-refractivity contribution is 6.19. The van der Waals surface area contributed by atoms with E-state index in [2.05, 4.69) is 13.2 Å². The van der Waals surface area contributed by atoms with E-state index in [1.54, 1.807) is 6.08 Å². The van der Waals surface area contributed by atoms with Gasteiger partial charge in [0.2, 0.25) is 0 Å². The molecule has 0 saturated carbocycles. The SMILES string of the molecule is C=C.O=C1C=Cc2cccc3cccc1c23. The van der Waals surface area contributed by atoms with E-state index in [9.17, 15) is 4.79 Å². The van der Waals surface area contributed by atoms with Crippen LogP contribution in [0.4, 0.5) is 0 Å². The Balaban J connectivity index is 0.000000457. The van der Waals surface area contributed by atoms with Crippen LogP contribution in [0, 0.1) is 0 Å². The Morgan fingerprint density at radius 3 is 2.31 bits per heavy atom. The van der Waals surface area contributed by atoms with E-state index in [-0.39, 0.29) is 5.78 Å². The molecule has 0 bridgehead atoms. The van der Waals surface area contributed by atoms with Crippen molar-refractivity contribution in [1.29, 1.82) is 0 Å². The molecule has 3 rings (SSSR count). The van der Waals surface area contributed by atoms with Crippen molar-refractivity contribution in [2.24, 2.45) is 0 Å². The number of hydrogen-bond acceptors (Lipinski definition) is 1. The second-order valence-electron chi connectivity index (χ2n) is 3.45. The largest absolute Gasteiger partial charge is 0.289 e. The third-order valence-corrected chi connectivity index (χ3v) is 2.62. The predicted octanol–water partition coefficient (Wildman–Crippen LogP) is 3.85. The zero-order valence-corrected chi connectivity index (χ0v) is 8.94. The lowest BCUT2D eigenvalue weighted by atomic mass is 9.92. The molecule has 0 amide bonds. The summed E-state index contributed by atoms with van der Waals surface area (Å²) in [5, 5.41) is 2.22. The Kier molecular flexibility index (Phi) is 2.69. The van der Waals surface area contributed by atoms with E-state index in [4.69, 9.17) is 0 Å². The van der Waals surface area contributed by atoms with Gasteiger partial charge >= 0.3 is 0 Å². The van der Waals surface area contributed by atoms with Gasteiger partial charge in [-0.15, -0.1) is 13.2 Å². The van der Waals surface area contributed by atoms with Crippen molar-refractivity contribution in [3.05, 3.63) is 66.8 Å². The molecular weight excluding hydrogens is 196 g/mol. The fourth-order valence-corrected chi connectivity index (χ4v) is 1.97. The fraction of sp³-hybridized carbons (Fsp3) is 0. The van der Waals surface area contributed by atoms with Crippen LogP contribution in [-0.4, -0.2) is 5.78 Å². The molecule has 16 heavy (non-hydrogen) atoms. The van der Waals surface area contributed by atoms with E-state index in [1.807, 2.05) is 42.5 Å². The Morgan fingerprint density at radius 1 is 0.875 bits per heavy atom. The van der Waals surface area contributed by atoms with Gasteiger partial charge in [0.25, 0.3) is 0 Å². The molecule has 2 aromatic rings. The first-order chi connectivity index (χ1) is 7.86. The topological polar surface area (TPSA) is 17.1 Å². The maximum atomic E-state index is 11.6. The Morgan fingerprint density at radius 2 is 1.56 bits per heavy atom. The lowest BCUT2D eigenvalue weighted by Gasteiger charge is -2.10. The predicted molar refractivity (Wildman–Crippen MR) is 68.6 cm³/mol. The zero-order chi connectivity index (χ0) is 11.5. The maximum absolute atomic E-state index is 11.6. The molecule has 0 spiro atoms. The van der Waals surface area contributed by atoms with Gasteiger partial charge in [0.1, 0.15) is 0 Å². The highest BCUT2D eigenvalue weighted by Crippen LogP contribution is 2.27. The molecule has 0 atom stereocenters. The van der Waals surface area contributed by atoms with E-state index >= 15 is 0 Å². The second-order valence-corrected chi connectivity index (χ2v) is 3.45. The summed E-state index contributed by atoms with van der Waals surface area (Å²) in [4.78, 5) is 11.6. The lowest BCUT2D eigenvalue weighted by molar-refractivity contribution is 0.104. The summed E-state index contributed by atoms with van der Waals surface area (Å²) < 4.78 is 0. The smallest absolute Gasteiger partial charge is 0.186 e. The maximum Gasteiger partial charge on any atom is 0.186 e. The lowest BCUT2D eigenvalue weighted by Crippen LogP contribution is -2.00. The van der Waals surface area contributed by atoms with E-state index in [1.165, 1.54) is 0 Å². The summed E-state index contributed by atoms with van der Waals surface area (Å²) in [5.41, 5.74) is 1.96. The summed E-state index contributed by atoms with van der Waals surface area (Å²) in [5.74, 6) is 0.106. The first-order valence-electron chi connectivity index (χ1n) is 5.10. The molecule has 0 unspecified atom stereocenters. The molecular formula is C15H12O. The third-order valence-electron chi connectivity index (χ3n) is 2.62. The average molecular weight is 208 g/mol. The van der Waals surface area contributed by atoms with E-state index < -0.39 is 0 Å². The van der Waals surface area contributed by atoms with Crippen LogP contribution in [0.1, 0.15) is 15.9 Å². The molecule has 1 aliphatic carbocycles. The molecule has 0 radical (unpaired) electrons. The van der Waals surface area contributed by atoms with Gasteiger partial charge in [0.05, 0.1) is 0 Å². The van der Waals surface area contributed by atoms with E-state index in [0.29, 0.717) is 0 Å². The number of ketones is 1. The Hall–Kier alpha value is -2.15. The molecule has 0 N–H and O–H groups in total.